The molecule has 1 aromatic rings. The van der Waals surface area contributed by atoms with Crippen LogP contribution in [0, 0.1) is 11.8 Å². The zero-order valence-electron chi connectivity index (χ0n) is 9.39. The fourth-order valence-electron chi connectivity index (χ4n) is 2.88. The minimum Gasteiger partial charge on any atom is -0.325 e. The van der Waals surface area contributed by atoms with Crippen LogP contribution in [0.15, 0.2) is 12.5 Å². The van der Waals surface area contributed by atoms with E-state index in [1.165, 1.54) is 19.3 Å². The van der Waals surface area contributed by atoms with Crippen molar-refractivity contribution in [1.82, 2.24) is 9.55 Å². The molecule has 2 rings (SSSR count). The Bertz CT molecular complexity index is 345. The molecule has 15 heavy (non-hydrogen) atoms. The van der Waals surface area contributed by atoms with Gasteiger partial charge < -0.3 is 4.57 Å². The summed E-state index contributed by atoms with van der Waals surface area (Å²) in [6.07, 6.45) is 8.04. The number of hydrogen-bond donors (Lipinski definition) is 0. The largest absolute Gasteiger partial charge is 0.325 e. The van der Waals surface area contributed by atoms with E-state index in [1.54, 1.807) is 12.5 Å². The molecular weight excluding hydrogens is 188 g/mol. The van der Waals surface area contributed by atoms with Crippen molar-refractivity contribution in [2.24, 2.45) is 11.8 Å². The molecule has 0 amide bonds. The van der Waals surface area contributed by atoms with E-state index in [2.05, 4.69) is 18.8 Å². The molecular formula is C12H18N2O. The van der Waals surface area contributed by atoms with Gasteiger partial charge in [0.15, 0.2) is 6.29 Å². The maximum Gasteiger partial charge on any atom is 0.168 e. The van der Waals surface area contributed by atoms with Gasteiger partial charge in [-0.2, -0.15) is 0 Å². The molecule has 0 radical (unpaired) electrons. The number of imidazole rings is 1. The van der Waals surface area contributed by atoms with Gasteiger partial charge in [-0.1, -0.05) is 20.3 Å². The van der Waals surface area contributed by atoms with Gasteiger partial charge in [-0.15, -0.1) is 0 Å². The smallest absolute Gasteiger partial charge is 0.168 e. The number of nitrogens with zero attached hydrogens (tertiary/aromatic N) is 2. The molecule has 1 fully saturated rings. The summed E-state index contributed by atoms with van der Waals surface area (Å²) in [7, 11) is 0. The first-order valence-corrected chi connectivity index (χ1v) is 5.75. The second kappa shape index (κ2) is 4.17. The van der Waals surface area contributed by atoms with Crippen molar-refractivity contribution in [3.63, 3.8) is 0 Å². The molecule has 0 bridgehead atoms. The van der Waals surface area contributed by atoms with Gasteiger partial charge in [0, 0.05) is 6.04 Å². The predicted octanol–water partition coefficient (Wildman–Crippen LogP) is 2.69. The molecule has 1 aromatic heterocycles. The highest BCUT2D eigenvalue weighted by Crippen LogP contribution is 2.41. The average Bonchev–Trinajstić information content (AvgIpc) is 2.83. The lowest BCUT2D eigenvalue weighted by molar-refractivity contribution is 0.111. The van der Waals surface area contributed by atoms with Crippen LogP contribution in [0.5, 0.6) is 0 Å². The highest BCUT2D eigenvalue weighted by molar-refractivity contribution is 5.71. The molecule has 0 N–H and O–H groups in total. The van der Waals surface area contributed by atoms with Gasteiger partial charge >= 0.3 is 0 Å². The van der Waals surface area contributed by atoms with Crippen LogP contribution in [-0.2, 0) is 0 Å². The van der Waals surface area contributed by atoms with E-state index in [0.717, 1.165) is 12.2 Å². The van der Waals surface area contributed by atoms with Crippen molar-refractivity contribution < 1.29 is 4.79 Å². The molecule has 0 saturated heterocycles. The van der Waals surface area contributed by atoms with Crippen molar-refractivity contribution in [2.45, 2.75) is 39.2 Å². The highest BCUT2D eigenvalue weighted by Gasteiger charge is 2.33. The second-order valence-electron chi connectivity index (χ2n) is 4.52. The molecule has 82 valence electrons. The Morgan fingerprint density at radius 2 is 2.40 bits per heavy atom. The molecule has 3 heteroatoms. The molecule has 1 aliphatic rings. The first-order valence-electron chi connectivity index (χ1n) is 5.75. The van der Waals surface area contributed by atoms with Gasteiger partial charge in [-0.05, 0) is 24.7 Å². The molecule has 3 unspecified atom stereocenters. The lowest BCUT2D eigenvalue weighted by Crippen LogP contribution is -2.16. The third-order valence-corrected chi connectivity index (χ3v) is 3.88. The Kier molecular flexibility index (Phi) is 2.89. The molecule has 0 aliphatic heterocycles. The summed E-state index contributed by atoms with van der Waals surface area (Å²) >= 11 is 0. The third-order valence-electron chi connectivity index (χ3n) is 3.88. The summed E-state index contributed by atoms with van der Waals surface area (Å²) in [5.41, 5.74) is 0.712. The number of aromatic nitrogens is 2. The number of rotatable bonds is 3. The van der Waals surface area contributed by atoms with Crippen LogP contribution >= 0.6 is 0 Å². The summed E-state index contributed by atoms with van der Waals surface area (Å²) in [5.74, 6) is 1.46. The fourth-order valence-corrected chi connectivity index (χ4v) is 2.88. The SMILES string of the molecule is CCC1CCC(n2cncc2C=O)C1C. The van der Waals surface area contributed by atoms with Crippen molar-refractivity contribution in [2.75, 3.05) is 0 Å². The third kappa shape index (κ3) is 1.71. The Morgan fingerprint density at radius 3 is 3.00 bits per heavy atom. The summed E-state index contributed by atoms with van der Waals surface area (Å²) < 4.78 is 2.05. The van der Waals surface area contributed by atoms with Crippen LogP contribution in [-0.4, -0.2) is 15.8 Å². The molecule has 0 aromatic carbocycles. The van der Waals surface area contributed by atoms with Gasteiger partial charge in [-0.25, -0.2) is 4.98 Å². The van der Waals surface area contributed by atoms with Gasteiger partial charge in [0.1, 0.15) is 5.69 Å². The normalized spacial score (nSPS) is 30.7. The lowest BCUT2D eigenvalue weighted by Gasteiger charge is -2.21. The Labute approximate surface area is 90.5 Å². The van der Waals surface area contributed by atoms with Crippen LogP contribution in [0.4, 0.5) is 0 Å². The second-order valence-corrected chi connectivity index (χ2v) is 4.52. The Balaban J connectivity index is 2.22. The first kappa shape index (κ1) is 10.4. The molecule has 1 heterocycles. The van der Waals surface area contributed by atoms with Crippen LogP contribution in [0.2, 0.25) is 0 Å². The average molecular weight is 206 g/mol. The maximum absolute atomic E-state index is 10.8. The molecule has 3 nitrogen and oxygen atoms in total. The Morgan fingerprint density at radius 1 is 1.60 bits per heavy atom. The number of hydrogen-bond acceptors (Lipinski definition) is 2. The van der Waals surface area contributed by atoms with Crippen molar-refractivity contribution >= 4 is 6.29 Å². The topological polar surface area (TPSA) is 34.9 Å². The zero-order chi connectivity index (χ0) is 10.8. The van der Waals surface area contributed by atoms with E-state index in [0.29, 0.717) is 17.7 Å². The van der Waals surface area contributed by atoms with E-state index in [-0.39, 0.29) is 0 Å². The van der Waals surface area contributed by atoms with Crippen molar-refractivity contribution in [3.05, 3.63) is 18.2 Å². The number of carbonyl (C=O) groups is 1. The van der Waals surface area contributed by atoms with E-state index in [4.69, 9.17) is 0 Å². The summed E-state index contributed by atoms with van der Waals surface area (Å²) in [5, 5.41) is 0. The van der Waals surface area contributed by atoms with E-state index < -0.39 is 0 Å². The molecule has 1 saturated carbocycles. The Hall–Kier alpha value is -1.12. The van der Waals surface area contributed by atoms with Crippen molar-refractivity contribution in [3.8, 4) is 0 Å². The van der Waals surface area contributed by atoms with Gasteiger partial charge in [0.2, 0.25) is 0 Å². The zero-order valence-corrected chi connectivity index (χ0v) is 9.39. The minimum absolute atomic E-state index is 0.470. The number of aldehydes is 1. The van der Waals surface area contributed by atoms with Crippen molar-refractivity contribution in [1.29, 1.82) is 0 Å². The summed E-state index contributed by atoms with van der Waals surface area (Å²) in [4.78, 5) is 14.9. The van der Waals surface area contributed by atoms with E-state index in [9.17, 15) is 4.79 Å². The lowest BCUT2D eigenvalue weighted by atomic mass is 9.93. The highest BCUT2D eigenvalue weighted by atomic mass is 16.1. The van der Waals surface area contributed by atoms with Gasteiger partial charge in [-0.3, -0.25) is 4.79 Å². The summed E-state index contributed by atoms with van der Waals surface area (Å²) in [6.45, 7) is 4.54. The minimum atomic E-state index is 0.470. The molecule has 1 aliphatic carbocycles. The van der Waals surface area contributed by atoms with Gasteiger partial charge in [0.05, 0.1) is 12.5 Å². The monoisotopic (exact) mass is 206 g/mol. The maximum atomic E-state index is 10.8. The molecule has 3 atom stereocenters. The first-order chi connectivity index (χ1) is 7.27. The van der Waals surface area contributed by atoms with E-state index in [1.807, 2.05) is 4.57 Å². The van der Waals surface area contributed by atoms with Crippen LogP contribution in [0.3, 0.4) is 0 Å². The van der Waals surface area contributed by atoms with Crippen LogP contribution in [0.1, 0.15) is 49.6 Å². The van der Waals surface area contributed by atoms with Gasteiger partial charge in [0.25, 0.3) is 0 Å². The standard InChI is InChI=1S/C12H18N2O/c1-3-10-4-5-12(9(10)2)14-8-13-6-11(14)7-15/h6-10,12H,3-5H2,1-2H3. The predicted molar refractivity (Wildman–Crippen MR) is 58.8 cm³/mol. The van der Waals surface area contributed by atoms with Crippen LogP contribution in [0.25, 0.3) is 0 Å². The quantitative estimate of drug-likeness (QED) is 0.713. The number of carbonyl (C=O) groups excluding carboxylic acids is 1. The van der Waals surface area contributed by atoms with E-state index >= 15 is 0 Å². The fraction of sp³-hybridized carbons (Fsp3) is 0.667. The summed E-state index contributed by atoms with van der Waals surface area (Å²) in [6, 6.07) is 0.470. The van der Waals surface area contributed by atoms with Crippen LogP contribution < -0.4 is 0 Å². The molecule has 0 spiro atoms.